The Balaban J connectivity index is 1.52. The van der Waals surface area contributed by atoms with E-state index in [4.69, 9.17) is 15.2 Å². The normalized spacial score (nSPS) is 10.9. The maximum absolute atomic E-state index is 9.25. The molecule has 2 heterocycles. The number of aromatic nitrogens is 1. The first-order chi connectivity index (χ1) is 13.7. The van der Waals surface area contributed by atoms with Crippen molar-refractivity contribution in [2.24, 2.45) is 0 Å². The van der Waals surface area contributed by atoms with Crippen LogP contribution in [0.3, 0.4) is 0 Å². The number of nitrogen functional groups attached to an aromatic ring is 1. The Morgan fingerprint density at radius 2 is 1.75 bits per heavy atom. The van der Waals surface area contributed by atoms with Crippen molar-refractivity contribution in [1.29, 1.82) is 0 Å². The van der Waals surface area contributed by atoms with Crippen LogP contribution < -0.4 is 15.2 Å². The molecule has 0 aliphatic rings. The molecule has 3 N–H and O–H groups in total. The molecule has 4 aromatic rings. The van der Waals surface area contributed by atoms with Crippen molar-refractivity contribution in [3.8, 4) is 17.2 Å². The molecule has 0 amide bonds. The minimum absolute atomic E-state index is 0.0820. The van der Waals surface area contributed by atoms with Crippen molar-refractivity contribution in [3.05, 3.63) is 77.3 Å². The number of hydrogen-bond donors (Lipinski definition) is 2. The van der Waals surface area contributed by atoms with Gasteiger partial charge in [0.15, 0.2) is 0 Å². The first kappa shape index (κ1) is 18.3. The van der Waals surface area contributed by atoms with Crippen LogP contribution in [0.5, 0.6) is 17.2 Å². The third-order valence-electron chi connectivity index (χ3n) is 4.33. The summed E-state index contributed by atoms with van der Waals surface area (Å²) in [6.45, 7) is 0.460. The Morgan fingerprint density at radius 1 is 0.964 bits per heavy atom. The zero-order valence-corrected chi connectivity index (χ0v) is 16.0. The molecule has 0 saturated heterocycles. The van der Waals surface area contributed by atoms with Crippen molar-refractivity contribution >= 4 is 27.2 Å². The highest BCUT2D eigenvalue weighted by Gasteiger charge is 2.13. The molecule has 0 aliphatic carbocycles. The summed E-state index contributed by atoms with van der Waals surface area (Å²) in [6.07, 6.45) is 2.29. The van der Waals surface area contributed by atoms with E-state index in [0.29, 0.717) is 30.3 Å². The Kier molecular flexibility index (Phi) is 5.41. The smallest absolute Gasteiger partial charge is 0.132 e. The molecular weight excluding hydrogens is 372 g/mol. The van der Waals surface area contributed by atoms with Crippen LogP contribution in [0, 0.1) is 0 Å². The second kappa shape index (κ2) is 8.29. The minimum atomic E-state index is 0.0820. The number of thiophene rings is 1. The monoisotopic (exact) mass is 392 g/mol. The number of benzene rings is 2. The molecule has 0 fully saturated rings. The number of aliphatic hydroxyl groups excluding tert-OH is 1. The van der Waals surface area contributed by atoms with Gasteiger partial charge in [-0.2, -0.15) is 0 Å². The summed E-state index contributed by atoms with van der Waals surface area (Å²) in [4.78, 5) is 4.27. The van der Waals surface area contributed by atoms with Crippen molar-refractivity contribution in [3.63, 3.8) is 0 Å². The number of nitrogens with two attached hydrogens (primary N) is 1. The third-order valence-corrected chi connectivity index (χ3v) is 5.44. The predicted octanol–water partition coefficient (Wildman–Crippen LogP) is 4.78. The van der Waals surface area contributed by atoms with Gasteiger partial charge in [-0.25, -0.2) is 4.98 Å². The SMILES string of the molecule is Nc1ncc(CCO)c2scc(COc3cccc(Oc4ccccc4)c3)c12. The summed E-state index contributed by atoms with van der Waals surface area (Å²) in [5.74, 6) is 2.69. The van der Waals surface area contributed by atoms with E-state index in [9.17, 15) is 5.11 Å². The lowest BCUT2D eigenvalue weighted by Crippen LogP contribution is -2.00. The topological polar surface area (TPSA) is 77.6 Å². The number of hydrogen-bond acceptors (Lipinski definition) is 6. The number of para-hydroxylation sites is 1. The van der Waals surface area contributed by atoms with Crippen LogP contribution in [0.1, 0.15) is 11.1 Å². The van der Waals surface area contributed by atoms with Crippen molar-refractivity contribution in [2.45, 2.75) is 13.0 Å². The highest BCUT2D eigenvalue weighted by Crippen LogP contribution is 2.33. The summed E-state index contributed by atoms with van der Waals surface area (Å²) in [5, 5.41) is 12.2. The zero-order chi connectivity index (χ0) is 19.3. The van der Waals surface area contributed by atoms with Gasteiger partial charge in [0, 0.05) is 34.5 Å². The molecule has 0 radical (unpaired) electrons. The quantitative estimate of drug-likeness (QED) is 0.473. The molecule has 0 atom stereocenters. The fraction of sp³-hybridized carbons (Fsp3) is 0.136. The molecular formula is C22H20N2O3S. The van der Waals surface area contributed by atoms with Crippen LogP contribution in [0.15, 0.2) is 66.2 Å². The van der Waals surface area contributed by atoms with Gasteiger partial charge in [-0.1, -0.05) is 24.3 Å². The number of anilines is 1. The average Bonchev–Trinajstić information content (AvgIpc) is 3.15. The van der Waals surface area contributed by atoms with E-state index in [1.54, 1.807) is 17.5 Å². The predicted molar refractivity (Wildman–Crippen MR) is 112 cm³/mol. The molecule has 2 aromatic carbocycles. The van der Waals surface area contributed by atoms with Crippen LogP contribution in [0.2, 0.25) is 0 Å². The fourth-order valence-corrected chi connectivity index (χ4v) is 4.11. The first-order valence-electron chi connectivity index (χ1n) is 8.94. The van der Waals surface area contributed by atoms with Crippen LogP contribution in [0.25, 0.3) is 10.1 Å². The van der Waals surface area contributed by atoms with Gasteiger partial charge in [-0.15, -0.1) is 11.3 Å². The summed E-state index contributed by atoms with van der Waals surface area (Å²) >= 11 is 1.60. The van der Waals surface area contributed by atoms with Crippen LogP contribution in [0.4, 0.5) is 5.82 Å². The van der Waals surface area contributed by atoms with Crippen LogP contribution in [-0.4, -0.2) is 16.7 Å². The molecule has 28 heavy (non-hydrogen) atoms. The van der Waals surface area contributed by atoms with Crippen LogP contribution in [-0.2, 0) is 13.0 Å². The Morgan fingerprint density at radius 3 is 2.57 bits per heavy atom. The lowest BCUT2D eigenvalue weighted by molar-refractivity contribution is 0.300. The third kappa shape index (κ3) is 3.93. The van der Waals surface area contributed by atoms with Crippen molar-refractivity contribution in [2.75, 3.05) is 12.3 Å². The van der Waals surface area contributed by atoms with Gasteiger partial charge in [0.2, 0.25) is 0 Å². The van der Waals surface area contributed by atoms with E-state index in [1.807, 2.05) is 60.0 Å². The van der Waals surface area contributed by atoms with Crippen molar-refractivity contribution in [1.82, 2.24) is 4.98 Å². The lowest BCUT2D eigenvalue weighted by Gasteiger charge is -2.10. The number of ether oxygens (including phenoxy) is 2. The van der Waals surface area contributed by atoms with Crippen LogP contribution >= 0.6 is 11.3 Å². The standard InChI is InChI=1S/C22H20N2O3S/c23-22-20-16(14-28-21(20)15(9-10-25)12-24-22)13-26-18-7-4-8-19(11-18)27-17-5-2-1-3-6-17/h1-8,11-12,14,25H,9-10,13H2,(H2,23,24). The molecule has 0 aliphatic heterocycles. The highest BCUT2D eigenvalue weighted by atomic mass is 32.1. The van der Waals surface area contributed by atoms with E-state index in [2.05, 4.69) is 4.98 Å². The minimum Gasteiger partial charge on any atom is -0.489 e. The van der Waals surface area contributed by atoms with E-state index < -0.39 is 0 Å². The molecule has 4 rings (SSSR count). The zero-order valence-electron chi connectivity index (χ0n) is 15.2. The van der Waals surface area contributed by atoms with Gasteiger partial charge in [0.25, 0.3) is 0 Å². The van der Waals surface area contributed by atoms with Gasteiger partial charge in [-0.3, -0.25) is 0 Å². The number of rotatable bonds is 7. The van der Waals surface area contributed by atoms with E-state index in [-0.39, 0.29) is 6.61 Å². The number of aliphatic hydroxyl groups is 1. The van der Waals surface area contributed by atoms with Gasteiger partial charge in [0.05, 0.1) is 0 Å². The maximum atomic E-state index is 9.25. The van der Waals surface area contributed by atoms with Crippen molar-refractivity contribution < 1.29 is 14.6 Å². The van der Waals surface area contributed by atoms with E-state index in [0.717, 1.165) is 27.0 Å². The molecule has 2 aromatic heterocycles. The summed E-state index contributed by atoms with van der Waals surface area (Å²) in [7, 11) is 0. The molecule has 142 valence electrons. The Labute approximate surface area is 167 Å². The first-order valence-corrected chi connectivity index (χ1v) is 9.82. The maximum Gasteiger partial charge on any atom is 0.132 e. The van der Waals surface area contributed by atoms with E-state index in [1.165, 1.54) is 0 Å². The fourth-order valence-electron chi connectivity index (χ4n) is 3.00. The summed E-state index contributed by atoms with van der Waals surface area (Å²) in [6, 6.07) is 17.2. The molecule has 0 unspecified atom stereocenters. The Hall–Kier alpha value is -3.09. The molecule has 0 saturated carbocycles. The van der Waals surface area contributed by atoms with Gasteiger partial charge in [0.1, 0.15) is 29.7 Å². The van der Waals surface area contributed by atoms with Gasteiger partial charge in [-0.05, 0) is 41.6 Å². The van der Waals surface area contributed by atoms with E-state index >= 15 is 0 Å². The Bertz CT molecular complexity index is 1080. The highest BCUT2D eigenvalue weighted by molar-refractivity contribution is 7.17. The second-order valence-corrected chi connectivity index (χ2v) is 7.17. The second-order valence-electron chi connectivity index (χ2n) is 6.29. The van der Waals surface area contributed by atoms with Gasteiger partial charge >= 0.3 is 0 Å². The number of nitrogens with zero attached hydrogens (tertiary/aromatic N) is 1. The average molecular weight is 392 g/mol. The van der Waals surface area contributed by atoms with Gasteiger partial charge < -0.3 is 20.3 Å². The molecule has 5 nitrogen and oxygen atoms in total. The molecule has 0 spiro atoms. The summed E-state index contributed by atoms with van der Waals surface area (Å²) < 4.78 is 12.9. The number of pyridine rings is 1. The number of fused-ring (bicyclic) bond motifs is 1. The molecule has 6 heteroatoms. The largest absolute Gasteiger partial charge is 0.489 e. The summed E-state index contributed by atoms with van der Waals surface area (Å²) in [5.41, 5.74) is 8.09. The molecule has 0 bridgehead atoms. The lowest BCUT2D eigenvalue weighted by atomic mass is 10.1.